The number of aromatic nitrogens is 1. The Balaban J connectivity index is 2.44. The minimum absolute atomic E-state index is 0.197. The second-order valence-electron chi connectivity index (χ2n) is 5.63. The van der Waals surface area contributed by atoms with E-state index in [1.54, 1.807) is 20.8 Å². The monoisotopic (exact) mass is 367 g/mol. The minimum Gasteiger partial charge on any atom is -0.465 e. The third-order valence-corrected chi connectivity index (χ3v) is 6.34. The van der Waals surface area contributed by atoms with E-state index in [1.807, 2.05) is 42.1 Å². The summed E-state index contributed by atoms with van der Waals surface area (Å²) in [4.78, 5) is 12.5. The lowest BCUT2D eigenvalue weighted by atomic mass is 10.1. The van der Waals surface area contributed by atoms with E-state index in [0.717, 1.165) is 16.5 Å². The zero-order valence-electron chi connectivity index (χ0n) is 15.2. The minimum atomic E-state index is -3.63. The van der Waals surface area contributed by atoms with Crippen LogP contribution in [-0.4, -0.2) is 36.0 Å². The van der Waals surface area contributed by atoms with Crippen LogP contribution in [0.3, 0.4) is 0 Å². The van der Waals surface area contributed by atoms with Gasteiger partial charge in [-0.25, -0.2) is 0 Å². The number of aryl methyl sites for hydroxylation is 1. The molecule has 138 valence electrons. The molecule has 1 atom stereocenters. The van der Waals surface area contributed by atoms with Crippen LogP contribution in [-0.2, 0) is 36.6 Å². The van der Waals surface area contributed by atoms with Crippen molar-refractivity contribution in [2.45, 2.75) is 32.9 Å². The smallest absolute Gasteiger partial charge is 0.345 e. The molecule has 1 heterocycles. The van der Waals surface area contributed by atoms with Gasteiger partial charge in [0.05, 0.1) is 19.8 Å². The van der Waals surface area contributed by atoms with E-state index in [-0.39, 0.29) is 26.2 Å². The summed E-state index contributed by atoms with van der Waals surface area (Å²) in [5.41, 5.74) is 0.969. The van der Waals surface area contributed by atoms with Gasteiger partial charge in [-0.1, -0.05) is 18.2 Å². The zero-order chi connectivity index (χ0) is 18.4. The fourth-order valence-corrected chi connectivity index (χ4v) is 4.84. The molecule has 0 spiro atoms. The third kappa shape index (κ3) is 4.32. The van der Waals surface area contributed by atoms with Crippen LogP contribution in [0.15, 0.2) is 30.5 Å². The van der Waals surface area contributed by atoms with Crippen molar-refractivity contribution in [2.24, 2.45) is 7.05 Å². The van der Waals surface area contributed by atoms with Crippen LogP contribution in [0.2, 0.25) is 0 Å². The molecule has 0 aliphatic rings. The van der Waals surface area contributed by atoms with Gasteiger partial charge in [-0.2, -0.15) is 0 Å². The third-order valence-electron chi connectivity index (χ3n) is 3.95. The number of carbonyl (C=O) groups is 1. The lowest BCUT2D eigenvalue weighted by Crippen LogP contribution is -2.28. The second kappa shape index (κ2) is 8.65. The summed E-state index contributed by atoms with van der Waals surface area (Å²) in [6, 6.07) is 7.89. The largest absolute Gasteiger partial charge is 0.465 e. The average Bonchev–Trinajstić information content (AvgIpc) is 2.90. The highest BCUT2D eigenvalue weighted by Crippen LogP contribution is 2.54. The van der Waals surface area contributed by atoms with Crippen molar-refractivity contribution < 1.29 is 23.1 Å². The van der Waals surface area contributed by atoms with Crippen molar-refractivity contribution in [1.82, 2.24) is 4.57 Å². The van der Waals surface area contributed by atoms with Crippen LogP contribution in [0.4, 0.5) is 0 Å². The van der Waals surface area contributed by atoms with E-state index in [1.165, 1.54) is 0 Å². The fourth-order valence-electron chi connectivity index (χ4n) is 2.94. The maximum atomic E-state index is 13.2. The summed E-state index contributed by atoms with van der Waals surface area (Å²) in [5.74, 6) is -0.555. The molecule has 0 amide bonds. The molecule has 6 nitrogen and oxygen atoms in total. The molecule has 2 aromatic rings. The lowest BCUT2D eigenvalue weighted by molar-refractivity contribution is -0.143. The summed E-state index contributed by atoms with van der Waals surface area (Å²) in [6.45, 7) is 5.78. The molecule has 1 aromatic carbocycles. The van der Waals surface area contributed by atoms with Crippen LogP contribution in [0.1, 0.15) is 26.3 Å². The fraction of sp³-hybridized carbons (Fsp3) is 0.500. The molecule has 0 fully saturated rings. The van der Waals surface area contributed by atoms with E-state index in [0.29, 0.717) is 0 Å². The molecule has 1 unspecified atom stereocenters. The summed E-state index contributed by atoms with van der Waals surface area (Å²) < 4.78 is 31.2. The Hall–Kier alpha value is -1.62. The highest BCUT2D eigenvalue weighted by atomic mass is 31.2. The molecule has 2 rings (SSSR count). The van der Waals surface area contributed by atoms with Crippen molar-refractivity contribution in [2.75, 3.05) is 19.8 Å². The second-order valence-corrected chi connectivity index (χ2v) is 7.85. The first kappa shape index (κ1) is 19.7. The standard InChI is InChI=1S/C18H26NO5P/c1-5-22-18(20)17(25(21,23-6-2)24-7-3)12-14-13-19(4)16-11-9-8-10-15(14)16/h8-11,13,17H,5-7,12H2,1-4H3. The van der Waals surface area contributed by atoms with E-state index < -0.39 is 19.2 Å². The Kier molecular flexibility index (Phi) is 6.82. The van der Waals surface area contributed by atoms with Gasteiger partial charge in [0.2, 0.25) is 0 Å². The molecule has 1 aromatic heterocycles. The van der Waals surface area contributed by atoms with E-state index in [4.69, 9.17) is 13.8 Å². The van der Waals surface area contributed by atoms with Gasteiger partial charge in [0, 0.05) is 24.1 Å². The van der Waals surface area contributed by atoms with E-state index in [9.17, 15) is 9.36 Å². The number of hydrogen-bond donors (Lipinski definition) is 0. The number of esters is 1. The van der Waals surface area contributed by atoms with Crippen LogP contribution < -0.4 is 0 Å². The number of para-hydroxylation sites is 1. The number of hydrogen-bond acceptors (Lipinski definition) is 5. The zero-order valence-corrected chi connectivity index (χ0v) is 16.1. The van der Waals surface area contributed by atoms with Gasteiger partial charge in [0.1, 0.15) is 0 Å². The van der Waals surface area contributed by atoms with E-state index >= 15 is 0 Å². The van der Waals surface area contributed by atoms with Crippen molar-refractivity contribution in [3.8, 4) is 0 Å². The quantitative estimate of drug-likeness (QED) is 0.496. The Morgan fingerprint density at radius 1 is 1.12 bits per heavy atom. The van der Waals surface area contributed by atoms with E-state index in [2.05, 4.69) is 0 Å². The van der Waals surface area contributed by atoms with Gasteiger partial charge >= 0.3 is 13.6 Å². The highest BCUT2D eigenvalue weighted by molar-refractivity contribution is 7.55. The Morgan fingerprint density at radius 2 is 1.76 bits per heavy atom. The number of benzene rings is 1. The van der Waals surface area contributed by atoms with Gasteiger partial charge in [0.25, 0.3) is 0 Å². The first-order valence-corrected chi connectivity index (χ1v) is 10.2. The summed E-state index contributed by atoms with van der Waals surface area (Å²) >= 11 is 0. The number of ether oxygens (including phenoxy) is 1. The predicted molar refractivity (Wildman–Crippen MR) is 97.9 cm³/mol. The molecule has 0 aliphatic carbocycles. The molecular weight excluding hydrogens is 341 g/mol. The Morgan fingerprint density at radius 3 is 2.36 bits per heavy atom. The van der Waals surface area contributed by atoms with Crippen LogP contribution >= 0.6 is 7.60 Å². The van der Waals surface area contributed by atoms with Crippen LogP contribution in [0, 0.1) is 0 Å². The first-order valence-electron chi connectivity index (χ1n) is 8.55. The maximum absolute atomic E-state index is 13.2. The number of carbonyl (C=O) groups excluding carboxylic acids is 1. The Bertz CT molecular complexity index is 760. The molecular formula is C18H26NO5P. The van der Waals surface area contributed by atoms with Crippen molar-refractivity contribution in [3.05, 3.63) is 36.0 Å². The van der Waals surface area contributed by atoms with Crippen LogP contribution in [0.25, 0.3) is 10.9 Å². The number of fused-ring (bicyclic) bond motifs is 1. The Labute approximate surface area is 148 Å². The van der Waals surface area contributed by atoms with Gasteiger partial charge in [-0.15, -0.1) is 0 Å². The molecule has 0 saturated heterocycles. The first-order chi connectivity index (χ1) is 12.0. The van der Waals surface area contributed by atoms with Crippen molar-refractivity contribution >= 4 is 24.5 Å². The normalized spacial score (nSPS) is 13.1. The highest BCUT2D eigenvalue weighted by Gasteiger charge is 2.42. The summed E-state index contributed by atoms with van der Waals surface area (Å²) in [6.07, 6.45) is 2.18. The van der Waals surface area contributed by atoms with Gasteiger partial charge in [0.15, 0.2) is 5.66 Å². The molecule has 0 bridgehead atoms. The van der Waals surface area contributed by atoms with Gasteiger partial charge < -0.3 is 18.4 Å². The van der Waals surface area contributed by atoms with Gasteiger partial charge in [-0.05, 0) is 38.8 Å². The molecule has 0 saturated carbocycles. The topological polar surface area (TPSA) is 66.8 Å². The molecule has 7 heteroatoms. The summed E-state index contributed by atoms with van der Waals surface area (Å²) in [5, 5.41) is 1.01. The number of nitrogens with zero attached hydrogens (tertiary/aromatic N) is 1. The van der Waals surface area contributed by atoms with Crippen molar-refractivity contribution in [3.63, 3.8) is 0 Å². The average molecular weight is 367 g/mol. The molecule has 25 heavy (non-hydrogen) atoms. The lowest BCUT2D eigenvalue weighted by Gasteiger charge is -2.24. The summed E-state index contributed by atoms with van der Waals surface area (Å²) in [7, 11) is -1.69. The number of rotatable bonds is 9. The predicted octanol–water partition coefficient (Wildman–Crippen LogP) is 3.92. The van der Waals surface area contributed by atoms with Crippen LogP contribution in [0.5, 0.6) is 0 Å². The molecule has 0 radical (unpaired) electrons. The molecule has 0 aliphatic heterocycles. The SMILES string of the molecule is CCOC(=O)C(Cc1cn(C)c2ccccc12)P(=O)(OCC)OCC. The van der Waals surface area contributed by atoms with Gasteiger partial charge in [-0.3, -0.25) is 9.36 Å². The molecule has 0 N–H and O–H groups in total. The van der Waals surface area contributed by atoms with Crippen molar-refractivity contribution in [1.29, 1.82) is 0 Å². The maximum Gasteiger partial charge on any atom is 0.345 e.